The highest BCUT2D eigenvalue weighted by atomic mass is 28.3. The van der Waals surface area contributed by atoms with Crippen LogP contribution in [0.5, 0.6) is 0 Å². The van der Waals surface area contributed by atoms with Crippen LogP contribution in [-0.2, 0) is 0 Å². The Kier molecular flexibility index (Phi) is 11.4. The van der Waals surface area contributed by atoms with Gasteiger partial charge in [0.2, 0.25) is 0 Å². The van der Waals surface area contributed by atoms with E-state index in [1.54, 1.807) is 0 Å². The highest BCUT2D eigenvalue weighted by Crippen LogP contribution is 2.57. The van der Waals surface area contributed by atoms with E-state index in [4.69, 9.17) is 15.0 Å². The molecule has 3 aliphatic carbocycles. The molecule has 11 aromatic carbocycles. The van der Waals surface area contributed by atoms with Crippen LogP contribution in [0.1, 0.15) is 45.2 Å². The van der Waals surface area contributed by atoms with Crippen LogP contribution in [0.25, 0.3) is 34.2 Å². The average molecular weight is 1000 g/mol. The fraction of sp³-hybridized carbons (Fsp3) is 0.0282. The minimum atomic E-state index is -2.99. The summed E-state index contributed by atoms with van der Waals surface area (Å²) < 4.78 is 0. The second-order valence-electron chi connectivity index (χ2n) is 20.1. The summed E-state index contributed by atoms with van der Waals surface area (Å²) in [4.78, 5) is 16.6. The lowest BCUT2D eigenvalue weighted by molar-refractivity contribution is 0.758. The fourth-order valence-corrected chi connectivity index (χ4v) is 23.0. The molecule has 0 fully saturated rings. The van der Waals surface area contributed by atoms with Crippen LogP contribution < -0.4 is 41.5 Å². The summed E-state index contributed by atoms with van der Waals surface area (Å²) in [5, 5.41) is 10.7. The van der Waals surface area contributed by atoms with Crippen molar-refractivity contribution in [3.63, 3.8) is 0 Å². The number of aromatic nitrogens is 3. The Morgan fingerprint density at radius 2 is 0.579 bits per heavy atom. The highest BCUT2D eigenvalue weighted by molar-refractivity contribution is 7.20. The molecule has 0 spiro atoms. The van der Waals surface area contributed by atoms with Crippen LogP contribution >= 0.6 is 0 Å². The fourth-order valence-electron chi connectivity index (χ4n) is 13.2. The third kappa shape index (κ3) is 7.19. The van der Waals surface area contributed by atoms with E-state index in [1.807, 2.05) is 0 Å². The van der Waals surface area contributed by atoms with Gasteiger partial charge in [-0.2, -0.15) is 0 Å². The molecule has 358 valence electrons. The quantitative estimate of drug-likeness (QED) is 0.0957. The van der Waals surface area contributed by atoms with Crippen molar-refractivity contribution in [2.75, 3.05) is 0 Å². The van der Waals surface area contributed by atoms with Gasteiger partial charge in [0.25, 0.3) is 0 Å². The van der Waals surface area contributed by atoms with Gasteiger partial charge in [0.15, 0.2) is 33.6 Å². The number of benzene rings is 11. The van der Waals surface area contributed by atoms with Gasteiger partial charge < -0.3 is 0 Å². The maximum atomic E-state index is 5.66. The Labute approximate surface area is 446 Å². The Hall–Kier alpha value is -9.14. The summed E-state index contributed by atoms with van der Waals surface area (Å²) in [6.45, 7) is 0. The van der Waals surface area contributed by atoms with Gasteiger partial charge in [0, 0.05) is 28.5 Å². The Morgan fingerprint density at radius 1 is 0.237 bits per heavy atom. The van der Waals surface area contributed by atoms with Crippen molar-refractivity contribution in [1.82, 2.24) is 15.0 Å². The molecule has 15 rings (SSSR count). The Bertz CT molecular complexity index is 3850. The van der Waals surface area contributed by atoms with E-state index in [0.29, 0.717) is 17.5 Å². The molecule has 12 aromatic rings. The normalized spacial score (nSPS) is 14.3. The van der Waals surface area contributed by atoms with Gasteiger partial charge in [0.05, 0.1) is 0 Å². The zero-order chi connectivity index (χ0) is 50.5. The first-order valence-corrected chi connectivity index (χ1v) is 30.3. The minimum Gasteiger partial charge on any atom is -0.208 e. The predicted molar refractivity (Wildman–Crippen MR) is 318 cm³/mol. The summed E-state index contributed by atoms with van der Waals surface area (Å²) in [7, 11) is -5.87. The van der Waals surface area contributed by atoms with E-state index in [9.17, 15) is 0 Å². The average Bonchev–Trinajstić information content (AvgIpc) is 3.54. The maximum Gasteiger partial charge on any atom is 0.179 e. The van der Waals surface area contributed by atoms with Gasteiger partial charge in [0.1, 0.15) is 0 Å². The number of hydrogen-bond acceptors (Lipinski definition) is 3. The molecule has 0 saturated heterocycles. The number of nitrogens with zero attached hydrogens (tertiary/aromatic N) is 3. The molecule has 1 aromatic heterocycles. The summed E-state index contributed by atoms with van der Waals surface area (Å²) in [6.07, 6.45) is 0. The lowest BCUT2D eigenvalue weighted by Gasteiger charge is -2.46. The lowest BCUT2D eigenvalue weighted by atomic mass is 9.60. The van der Waals surface area contributed by atoms with E-state index in [2.05, 4.69) is 297 Å². The van der Waals surface area contributed by atoms with Crippen LogP contribution in [0.4, 0.5) is 0 Å². The largest absolute Gasteiger partial charge is 0.208 e. The summed E-state index contributed by atoms with van der Waals surface area (Å²) in [5.74, 6) is 1.88. The molecule has 0 aliphatic heterocycles. The molecule has 0 saturated carbocycles. The molecular weight excluding hydrogens is 951 g/mol. The van der Waals surface area contributed by atoms with Crippen molar-refractivity contribution < 1.29 is 0 Å². The molecule has 2 atom stereocenters. The first-order valence-electron chi connectivity index (χ1n) is 26.3. The van der Waals surface area contributed by atoms with Crippen LogP contribution in [-0.4, -0.2) is 31.1 Å². The summed E-state index contributed by atoms with van der Waals surface area (Å²) in [6, 6.07) is 110. The Morgan fingerprint density at radius 3 is 1.08 bits per heavy atom. The van der Waals surface area contributed by atoms with Crippen LogP contribution in [0.2, 0.25) is 0 Å². The molecule has 3 nitrogen and oxygen atoms in total. The predicted octanol–water partition coefficient (Wildman–Crippen LogP) is 10.6. The molecule has 3 aliphatic rings. The molecule has 5 heteroatoms. The van der Waals surface area contributed by atoms with Crippen molar-refractivity contribution in [3.8, 4) is 34.2 Å². The topological polar surface area (TPSA) is 38.7 Å². The van der Waals surface area contributed by atoms with Crippen molar-refractivity contribution in [2.45, 2.75) is 11.8 Å². The van der Waals surface area contributed by atoms with Crippen LogP contribution in [0.3, 0.4) is 0 Å². The van der Waals surface area contributed by atoms with Crippen molar-refractivity contribution >= 4 is 57.6 Å². The van der Waals surface area contributed by atoms with Crippen molar-refractivity contribution in [2.24, 2.45) is 0 Å². The zero-order valence-corrected chi connectivity index (χ0v) is 43.8. The number of rotatable bonds is 11. The summed E-state index contributed by atoms with van der Waals surface area (Å²) >= 11 is 0. The van der Waals surface area contributed by atoms with E-state index < -0.39 is 16.1 Å². The van der Waals surface area contributed by atoms with Gasteiger partial charge in [-0.1, -0.05) is 297 Å². The van der Waals surface area contributed by atoms with Gasteiger partial charge in [-0.3, -0.25) is 0 Å². The first-order chi connectivity index (χ1) is 37.7. The number of hydrogen-bond donors (Lipinski definition) is 0. The second-order valence-corrected chi connectivity index (χ2v) is 27.6. The third-order valence-corrected chi connectivity index (χ3v) is 25.8. The zero-order valence-electron chi connectivity index (χ0n) is 41.8. The smallest absolute Gasteiger partial charge is 0.179 e. The lowest BCUT2D eigenvalue weighted by Crippen LogP contribution is -2.75. The molecular formula is C71H51N3Si2. The monoisotopic (exact) mass is 1000 g/mol. The molecule has 2 unspecified atom stereocenters. The third-order valence-electron chi connectivity index (χ3n) is 16.2. The molecule has 0 amide bonds. The molecule has 76 heavy (non-hydrogen) atoms. The van der Waals surface area contributed by atoms with E-state index in [-0.39, 0.29) is 11.8 Å². The molecule has 2 bridgehead atoms. The standard InChI is InChI=1S/C71H51N3Si2/c1-8-27-50(28-9-1)69-72-70(51-29-24-42-58(49-51)75(52-30-10-2-11-31-52,53-32-12-3-13-33-53)54-34-14-4-15-35-54)74-71(73-69)63-47-25-45-61-65-59-43-22-23-44-60(59)68(66(61)63)67-62(65)46-26-48-64(67)76(55-36-16-5-17-37-55,56-38-18-6-19-39-56)57-40-20-7-21-41-57/h1-49,65,68H. The summed E-state index contributed by atoms with van der Waals surface area (Å²) in [5.41, 5.74) is 11.0. The van der Waals surface area contributed by atoms with Gasteiger partial charge in [-0.15, -0.1) is 0 Å². The van der Waals surface area contributed by atoms with Crippen molar-refractivity contribution in [1.29, 1.82) is 0 Å². The SMILES string of the molecule is c1ccc(-c2nc(-c3cccc([Si](c4ccccc4)(c4ccccc4)c4ccccc4)c3)nc(-c3cccc4c3C3c5ccccc5C4c4cccc([Si](c5ccccc5)(c5ccccc5)c5ccccc5)c43)n2)cc1. The van der Waals surface area contributed by atoms with Crippen molar-refractivity contribution in [3.05, 3.63) is 331 Å². The minimum absolute atomic E-state index is 0.0127. The Balaban J connectivity index is 1.02. The van der Waals surface area contributed by atoms with E-state index in [1.165, 1.54) is 74.9 Å². The second kappa shape index (κ2) is 19.0. The van der Waals surface area contributed by atoms with E-state index in [0.717, 1.165) is 16.7 Å². The van der Waals surface area contributed by atoms with Crippen LogP contribution in [0, 0.1) is 0 Å². The molecule has 0 radical (unpaired) electrons. The van der Waals surface area contributed by atoms with Gasteiger partial charge in [-0.05, 0) is 74.9 Å². The highest BCUT2D eigenvalue weighted by Gasteiger charge is 2.50. The van der Waals surface area contributed by atoms with Crippen LogP contribution in [0.15, 0.2) is 297 Å². The molecule has 0 N–H and O–H groups in total. The van der Waals surface area contributed by atoms with E-state index >= 15 is 0 Å². The van der Waals surface area contributed by atoms with Gasteiger partial charge in [-0.25, -0.2) is 15.0 Å². The first kappa shape index (κ1) is 45.5. The molecule has 1 heterocycles. The van der Waals surface area contributed by atoms with Gasteiger partial charge >= 0.3 is 0 Å². The maximum absolute atomic E-state index is 5.66.